The largest absolute Gasteiger partial charge is 0.487 e. The van der Waals surface area contributed by atoms with Crippen molar-refractivity contribution >= 4 is 29.9 Å². The molecule has 1 aromatic carbocycles. The Morgan fingerprint density at radius 1 is 1.24 bits per heavy atom. The SMILES string of the molecule is CN=C(NCC(c1cccnc1)C(C)C)NC1CC(C)(C)Oc2ccccc21.I. The number of hydrogen-bond acceptors (Lipinski definition) is 3. The van der Waals surface area contributed by atoms with Crippen LogP contribution in [0.25, 0.3) is 0 Å². The zero-order valence-electron chi connectivity index (χ0n) is 18.0. The van der Waals surface area contributed by atoms with E-state index < -0.39 is 0 Å². The topological polar surface area (TPSA) is 58.5 Å². The van der Waals surface area contributed by atoms with Crippen LogP contribution in [0.2, 0.25) is 0 Å². The number of pyridine rings is 1. The van der Waals surface area contributed by atoms with Crippen LogP contribution in [0.15, 0.2) is 53.8 Å². The van der Waals surface area contributed by atoms with E-state index in [4.69, 9.17) is 4.74 Å². The average molecular weight is 508 g/mol. The Morgan fingerprint density at radius 2 is 2.00 bits per heavy atom. The fourth-order valence-electron chi connectivity index (χ4n) is 3.83. The molecule has 2 N–H and O–H groups in total. The van der Waals surface area contributed by atoms with Crippen LogP contribution in [0.1, 0.15) is 57.2 Å². The molecule has 0 radical (unpaired) electrons. The summed E-state index contributed by atoms with van der Waals surface area (Å²) >= 11 is 0. The Bertz CT molecular complexity index is 808. The zero-order valence-corrected chi connectivity index (χ0v) is 20.3. The molecule has 3 rings (SSSR count). The van der Waals surface area contributed by atoms with E-state index in [0.29, 0.717) is 11.8 Å². The lowest BCUT2D eigenvalue weighted by molar-refractivity contribution is 0.0694. The lowest BCUT2D eigenvalue weighted by Gasteiger charge is -2.38. The maximum absolute atomic E-state index is 6.15. The highest BCUT2D eigenvalue weighted by Crippen LogP contribution is 2.39. The predicted octanol–water partition coefficient (Wildman–Crippen LogP) is 4.91. The first-order valence-electron chi connectivity index (χ1n) is 10.0. The number of nitrogens with one attached hydrogen (secondary N) is 2. The second kappa shape index (κ2) is 10.3. The third-order valence-electron chi connectivity index (χ3n) is 5.32. The summed E-state index contributed by atoms with van der Waals surface area (Å²) in [6.45, 7) is 9.55. The second-order valence-corrected chi connectivity index (χ2v) is 8.39. The minimum atomic E-state index is -0.221. The van der Waals surface area contributed by atoms with Gasteiger partial charge in [-0.2, -0.15) is 0 Å². The molecule has 0 amide bonds. The van der Waals surface area contributed by atoms with Gasteiger partial charge in [0, 0.05) is 43.9 Å². The maximum Gasteiger partial charge on any atom is 0.191 e. The smallest absolute Gasteiger partial charge is 0.191 e. The average Bonchev–Trinajstić information content (AvgIpc) is 2.66. The van der Waals surface area contributed by atoms with Crippen LogP contribution in [-0.2, 0) is 0 Å². The Labute approximate surface area is 191 Å². The molecule has 1 aliphatic heterocycles. The van der Waals surface area contributed by atoms with Crippen LogP contribution >= 0.6 is 24.0 Å². The van der Waals surface area contributed by atoms with Gasteiger partial charge in [0.15, 0.2) is 5.96 Å². The second-order valence-electron chi connectivity index (χ2n) is 8.39. The van der Waals surface area contributed by atoms with Gasteiger partial charge in [-0.05, 0) is 37.5 Å². The third-order valence-corrected chi connectivity index (χ3v) is 5.32. The zero-order chi connectivity index (χ0) is 20.1. The van der Waals surface area contributed by atoms with Crippen LogP contribution < -0.4 is 15.4 Å². The fourth-order valence-corrected chi connectivity index (χ4v) is 3.83. The number of para-hydroxylation sites is 1. The molecular formula is C23H33IN4O. The van der Waals surface area contributed by atoms with Crippen molar-refractivity contribution in [2.24, 2.45) is 10.9 Å². The van der Waals surface area contributed by atoms with Crippen molar-refractivity contribution in [1.29, 1.82) is 0 Å². The molecule has 0 saturated heterocycles. The Balaban J connectivity index is 0.00000300. The number of ether oxygens (including phenoxy) is 1. The van der Waals surface area contributed by atoms with E-state index in [1.807, 2.05) is 37.6 Å². The van der Waals surface area contributed by atoms with Gasteiger partial charge < -0.3 is 15.4 Å². The molecule has 5 nitrogen and oxygen atoms in total. The van der Waals surface area contributed by atoms with Gasteiger partial charge in [-0.1, -0.05) is 38.1 Å². The van der Waals surface area contributed by atoms with Crippen molar-refractivity contribution in [2.45, 2.75) is 51.7 Å². The summed E-state index contributed by atoms with van der Waals surface area (Å²) in [5, 5.41) is 7.13. The molecule has 158 valence electrons. The first kappa shape index (κ1) is 23.4. The van der Waals surface area contributed by atoms with Gasteiger partial charge >= 0.3 is 0 Å². The summed E-state index contributed by atoms with van der Waals surface area (Å²) < 4.78 is 6.15. The number of benzene rings is 1. The molecule has 2 unspecified atom stereocenters. The number of fused-ring (bicyclic) bond motifs is 1. The monoisotopic (exact) mass is 508 g/mol. The number of nitrogens with zero attached hydrogens (tertiary/aromatic N) is 2. The molecule has 6 heteroatoms. The van der Waals surface area contributed by atoms with Crippen molar-refractivity contribution < 1.29 is 4.74 Å². The predicted molar refractivity (Wildman–Crippen MR) is 130 cm³/mol. The molecular weight excluding hydrogens is 475 g/mol. The Morgan fingerprint density at radius 3 is 2.66 bits per heavy atom. The van der Waals surface area contributed by atoms with Crippen molar-refractivity contribution in [1.82, 2.24) is 15.6 Å². The lowest BCUT2D eigenvalue weighted by atomic mass is 9.89. The van der Waals surface area contributed by atoms with Crippen LogP contribution in [-0.4, -0.2) is 30.1 Å². The molecule has 0 bridgehead atoms. The Hall–Kier alpha value is -1.83. The van der Waals surface area contributed by atoms with Crippen LogP contribution in [0, 0.1) is 5.92 Å². The highest BCUT2D eigenvalue weighted by atomic mass is 127. The molecule has 29 heavy (non-hydrogen) atoms. The molecule has 2 atom stereocenters. The normalized spacial score (nSPS) is 18.8. The first-order chi connectivity index (χ1) is 13.4. The molecule has 0 aliphatic carbocycles. The summed E-state index contributed by atoms with van der Waals surface area (Å²) in [5.41, 5.74) is 2.21. The first-order valence-corrected chi connectivity index (χ1v) is 10.0. The van der Waals surface area contributed by atoms with E-state index in [1.165, 1.54) is 11.1 Å². The summed E-state index contributed by atoms with van der Waals surface area (Å²) in [4.78, 5) is 8.75. The number of rotatable bonds is 5. The quantitative estimate of drug-likeness (QED) is 0.343. The van der Waals surface area contributed by atoms with Gasteiger partial charge in [-0.3, -0.25) is 9.98 Å². The number of halogens is 1. The highest BCUT2D eigenvalue weighted by Gasteiger charge is 2.34. The van der Waals surface area contributed by atoms with Crippen molar-refractivity contribution in [3.8, 4) is 5.75 Å². The fraction of sp³-hybridized carbons (Fsp3) is 0.478. The minimum absolute atomic E-state index is 0. The number of guanidine groups is 1. The van der Waals surface area contributed by atoms with Gasteiger partial charge in [0.25, 0.3) is 0 Å². The van der Waals surface area contributed by atoms with E-state index in [1.54, 1.807) is 0 Å². The molecule has 2 heterocycles. The summed E-state index contributed by atoms with van der Waals surface area (Å²) in [6.07, 6.45) is 4.65. The van der Waals surface area contributed by atoms with E-state index in [-0.39, 0.29) is 35.6 Å². The molecule has 0 saturated carbocycles. The molecule has 0 fully saturated rings. The molecule has 1 aromatic heterocycles. The van der Waals surface area contributed by atoms with E-state index in [2.05, 4.69) is 66.5 Å². The number of aliphatic imine (C=N–C) groups is 1. The summed E-state index contributed by atoms with van der Waals surface area (Å²) in [5.74, 6) is 2.62. The summed E-state index contributed by atoms with van der Waals surface area (Å²) in [7, 11) is 1.82. The van der Waals surface area contributed by atoms with Crippen LogP contribution in [0.4, 0.5) is 0 Å². The molecule has 2 aromatic rings. The Kier molecular flexibility index (Phi) is 8.31. The standard InChI is InChI=1S/C23H32N4O.HI/c1-16(2)19(17-9-8-12-25-14-17)15-26-22(24-5)27-20-13-23(3,4)28-21-11-7-6-10-18(20)21;/h6-12,14,16,19-20H,13,15H2,1-5H3,(H2,24,26,27);1H. The third kappa shape index (κ3) is 6.07. The summed E-state index contributed by atoms with van der Waals surface area (Å²) in [6, 6.07) is 12.5. The van der Waals surface area contributed by atoms with Gasteiger partial charge in [-0.15, -0.1) is 24.0 Å². The number of aromatic nitrogens is 1. The highest BCUT2D eigenvalue weighted by molar-refractivity contribution is 14.0. The van der Waals surface area contributed by atoms with E-state index in [0.717, 1.165) is 24.7 Å². The molecule has 0 spiro atoms. The van der Waals surface area contributed by atoms with Gasteiger partial charge in [0.05, 0.1) is 6.04 Å². The van der Waals surface area contributed by atoms with Crippen molar-refractivity contribution in [3.63, 3.8) is 0 Å². The maximum atomic E-state index is 6.15. The molecule has 1 aliphatic rings. The lowest BCUT2D eigenvalue weighted by Crippen LogP contribution is -2.46. The van der Waals surface area contributed by atoms with Gasteiger partial charge in [0.2, 0.25) is 0 Å². The van der Waals surface area contributed by atoms with E-state index >= 15 is 0 Å². The van der Waals surface area contributed by atoms with Gasteiger partial charge in [0.1, 0.15) is 11.4 Å². The van der Waals surface area contributed by atoms with Crippen LogP contribution in [0.5, 0.6) is 5.75 Å². The van der Waals surface area contributed by atoms with E-state index in [9.17, 15) is 0 Å². The van der Waals surface area contributed by atoms with Crippen LogP contribution in [0.3, 0.4) is 0 Å². The number of hydrogen-bond donors (Lipinski definition) is 2. The minimum Gasteiger partial charge on any atom is -0.487 e. The van der Waals surface area contributed by atoms with Crippen molar-refractivity contribution in [2.75, 3.05) is 13.6 Å². The van der Waals surface area contributed by atoms with Gasteiger partial charge in [-0.25, -0.2) is 0 Å². The van der Waals surface area contributed by atoms with Crippen molar-refractivity contribution in [3.05, 3.63) is 59.9 Å².